The Morgan fingerprint density at radius 3 is 2.74 bits per heavy atom. The standard InChI is InChI=1S/C23H29FN6O4/c1-3-6-29-20-17(10-16(21(25)31)11-19(20)34-8-4-15-12-33-13-15)26-23(29)27-22(32)18-9-14(2)28-30(18)7-5-24/h9-11,15H,3-8,12-13H2,1-2H3,(H2,25,31)(H,26,27,32). The van der Waals surface area contributed by atoms with Crippen molar-refractivity contribution in [3.63, 3.8) is 0 Å². The van der Waals surface area contributed by atoms with Crippen molar-refractivity contribution in [3.8, 4) is 5.75 Å². The third kappa shape index (κ3) is 4.89. The molecule has 2 amide bonds. The lowest BCUT2D eigenvalue weighted by Gasteiger charge is -2.25. The Labute approximate surface area is 196 Å². The number of carbonyl (C=O) groups is 2. The molecule has 1 aliphatic heterocycles. The first-order valence-electron chi connectivity index (χ1n) is 11.4. The van der Waals surface area contributed by atoms with Crippen molar-refractivity contribution in [2.75, 3.05) is 31.8 Å². The van der Waals surface area contributed by atoms with Crippen LogP contribution in [0, 0.1) is 12.8 Å². The minimum Gasteiger partial charge on any atom is -0.491 e. The molecule has 0 spiro atoms. The van der Waals surface area contributed by atoms with Crippen molar-refractivity contribution in [1.82, 2.24) is 19.3 Å². The number of hydrogen-bond acceptors (Lipinski definition) is 6. The molecule has 10 nitrogen and oxygen atoms in total. The highest BCUT2D eigenvalue weighted by molar-refractivity contribution is 6.04. The monoisotopic (exact) mass is 472 g/mol. The molecule has 182 valence electrons. The number of ether oxygens (including phenoxy) is 2. The number of anilines is 1. The number of nitrogens with two attached hydrogens (primary N) is 1. The number of nitrogens with one attached hydrogen (secondary N) is 1. The molecule has 34 heavy (non-hydrogen) atoms. The summed E-state index contributed by atoms with van der Waals surface area (Å²) in [5.74, 6) is 0.185. The first-order valence-corrected chi connectivity index (χ1v) is 11.4. The molecule has 0 radical (unpaired) electrons. The SMILES string of the molecule is CCCn1c(NC(=O)c2cc(C)nn2CCF)nc2cc(C(N)=O)cc(OCCC3COC3)c21. The fraction of sp³-hybridized carbons (Fsp3) is 0.478. The van der Waals surface area contributed by atoms with Gasteiger partial charge < -0.3 is 19.8 Å². The third-order valence-corrected chi connectivity index (χ3v) is 5.69. The van der Waals surface area contributed by atoms with Crippen molar-refractivity contribution < 1.29 is 23.5 Å². The Morgan fingerprint density at radius 1 is 1.29 bits per heavy atom. The van der Waals surface area contributed by atoms with Crippen LogP contribution in [0.5, 0.6) is 5.75 Å². The molecule has 1 fully saturated rings. The molecule has 11 heteroatoms. The Morgan fingerprint density at radius 2 is 2.09 bits per heavy atom. The van der Waals surface area contributed by atoms with Crippen LogP contribution in [0.15, 0.2) is 18.2 Å². The van der Waals surface area contributed by atoms with Crippen LogP contribution in [0.4, 0.5) is 10.3 Å². The molecule has 0 saturated carbocycles. The van der Waals surface area contributed by atoms with Crippen LogP contribution < -0.4 is 15.8 Å². The number of aromatic nitrogens is 4. The van der Waals surface area contributed by atoms with Gasteiger partial charge in [-0.05, 0) is 38.0 Å². The first-order chi connectivity index (χ1) is 16.4. The third-order valence-electron chi connectivity index (χ3n) is 5.69. The van der Waals surface area contributed by atoms with Crippen LogP contribution >= 0.6 is 0 Å². The van der Waals surface area contributed by atoms with Gasteiger partial charge in [0.2, 0.25) is 11.9 Å². The van der Waals surface area contributed by atoms with Crippen LogP contribution in [-0.2, 0) is 17.8 Å². The second-order valence-corrected chi connectivity index (χ2v) is 8.37. The van der Waals surface area contributed by atoms with Gasteiger partial charge in [0.1, 0.15) is 23.6 Å². The summed E-state index contributed by atoms with van der Waals surface area (Å²) in [6.07, 6.45) is 1.59. The zero-order chi connectivity index (χ0) is 24.2. The number of rotatable bonds is 11. The zero-order valence-corrected chi connectivity index (χ0v) is 19.3. The quantitative estimate of drug-likeness (QED) is 0.442. The highest BCUT2D eigenvalue weighted by Crippen LogP contribution is 2.32. The number of hydrogen-bond donors (Lipinski definition) is 2. The van der Waals surface area contributed by atoms with Crippen molar-refractivity contribution >= 4 is 28.8 Å². The number of halogens is 1. The maximum atomic E-state index is 13.0. The predicted octanol–water partition coefficient (Wildman–Crippen LogP) is 2.69. The number of imidazole rings is 1. The maximum Gasteiger partial charge on any atom is 0.276 e. The molecule has 3 N–H and O–H groups in total. The molecular weight excluding hydrogens is 443 g/mol. The lowest BCUT2D eigenvalue weighted by atomic mass is 10.1. The second kappa shape index (κ2) is 10.2. The van der Waals surface area contributed by atoms with Gasteiger partial charge in [0.15, 0.2) is 0 Å². The molecule has 3 aromatic rings. The topological polar surface area (TPSA) is 126 Å². The molecule has 2 aromatic heterocycles. The van der Waals surface area contributed by atoms with Gasteiger partial charge in [-0.2, -0.15) is 5.10 Å². The summed E-state index contributed by atoms with van der Waals surface area (Å²) in [6, 6.07) is 4.80. The summed E-state index contributed by atoms with van der Waals surface area (Å²) in [7, 11) is 0. The van der Waals surface area contributed by atoms with E-state index >= 15 is 0 Å². The number of benzene rings is 1. The average molecular weight is 473 g/mol. The van der Waals surface area contributed by atoms with Gasteiger partial charge in [0.25, 0.3) is 5.91 Å². The summed E-state index contributed by atoms with van der Waals surface area (Å²) < 4.78 is 27.4. The summed E-state index contributed by atoms with van der Waals surface area (Å²) in [5, 5.41) is 7.00. The number of alkyl halides is 1. The zero-order valence-electron chi connectivity index (χ0n) is 19.3. The molecule has 3 heterocycles. The minimum absolute atomic E-state index is 0.0199. The van der Waals surface area contributed by atoms with Crippen LogP contribution in [-0.4, -0.2) is 57.6 Å². The van der Waals surface area contributed by atoms with Gasteiger partial charge in [0.05, 0.1) is 37.6 Å². The normalized spacial score (nSPS) is 13.7. The Bertz CT molecular complexity index is 1200. The molecule has 1 saturated heterocycles. The largest absolute Gasteiger partial charge is 0.491 e. The number of fused-ring (bicyclic) bond motifs is 1. The van der Waals surface area contributed by atoms with E-state index in [9.17, 15) is 14.0 Å². The van der Waals surface area contributed by atoms with E-state index in [4.69, 9.17) is 15.2 Å². The second-order valence-electron chi connectivity index (χ2n) is 8.37. The smallest absolute Gasteiger partial charge is 0.276 e. The van der Waals surface area contributed by atoms with Gasteiger partial charge in [0, 0.05) is 18.0 Å². The average Bonchev–Trinajstić information content (AvgIpc) is 3.30. The van der Waals surface area contributed by atoms with Gasteiger partial charge >= 0.3 is 0 Å². The highest BCUT2D eigenvalue weighted by atomic mass is 19.1. The van der Waals surface area contributed by atoms with E-state index in [1.807, 2.05) is 11.5 Å². The Hall–Kier alpha value is -3.47. The van der Waals surface area contributed by atoms with Gasteiger partial charge in [-0.3, -0.25) is 19.6 Å². The predicted molar refractivity (Wildman–Crippen MR) is 124 cm³/mol. The van der Waals surface area contributed by atoms with E-state index in [2.05, 4.69) is 15.4 Å². The number of carbonyl (C=O) groups excluding carboxylic acids is 2. The van der Waals surface area contributed by atoms with E-state index in [0.717, 1.165) is 26.1 Å². The lowest BCUT2D eigenvalue weighted by Crippen LogP contribution is -2.28. The lowest BCUT2D eigenvalue weighted by molar-refractivity contribution is -0.0400. The van der Waals surface area contributed by atoms with Crippen LogP contribution in [0.2, 0.25) is 0 Å². The summed E-state index contributed by atoms with van der Waals surface area (Å²) in [4.78, 5) is 29.5. The summed E-state index contributed by atoms with van der Waals surface area (Å²) in [5.41, 5.74) is 7.80. The fourth-order valence-corrected chi connectivity index (χ4v) is 3.95. The van der Waals surface area contributed by atoms with E-state index < -0.39 is 18.5 Å². The Kier molecular flexibility index (Phi) is 7.11. The van der Waals surface area contributed by atoms with Crippen LogP contribution in [0.1, 0.15) is 46.3 Å². The number of nitrogens with zero attached hydrogens (tertiary/aromatic N) is 4. The van der Waals surface area contributed by atoms with Gasteiger partial charge in [-0.25, -0.2) is 9.37 Å². The number of amides is 2. The van der Waals surface area contributed by atoms with E-state index in [0.29, 0.717) is 47.5 Å². The van der Waals surface area contributed by atoms with Crippen molar-refractivity contribution in [3.05, 3.63) is 35.2 Å². The number of aryl methyl sites for hydroxylation is 3. The molecule has 4 rings (SSSR count). The van der Waals surface area contributed by atoms with Crippen LogP contribution in [0.3, 0.4) is 0 Å². The molecule has 0 aliphatic carbocycles. The van der Waals surface area contributed by atoms with Gasteiger partial charge in [-0.15, -0.1) is 0 Å². The maximum absolute atomic E-state index is 13.0. The summed E-state index contributed by atoms with van der Waals surface area (Å²) in [6.45, 7) is 5.54. The molecule has 1 aromatic carbocycles. The van der Waals surface area contributed by atoms with E-state index in [1.54, 1.807) is 25.1 Å². The minimum atomic E-state index is -0.640. The van der Waals surface area contributed by atoms with Crippen molar-refractivity contribution in [2.24, 2.45) is 11.7 Å². The Balaban J connectivity index is 1.70. The fourth-order valence-electron chi connectivity index (χ4n) is 3.95. The molecular formula is C23H29FN6O4. The van der Waals surface area contributed by atoms with Crippen molar-refractivity contribution in [2.45, 2.75) is 39.8 Å². The summed E-state index contributed by atoms with van der Waals surface area (Å²) >= 11 is 0. The first kappa shape index (κ1) is 23.7. The van der Waals surface area contributed by atoms with Gasteiger partial charge in [-0.1, -0.05) is 6.92 Å². The molecule has 0 bridgehead atoms. The van der Waals surface area contributed by atoms with Crippen molar-refractivity contribution in [1.29, 1.82) is 0 Å². The molecule has 0 atom stereocenters. The van der Waals surface area contributed by atoms with E-state index in [1.165, 1.54) is 4.68 Å². The highest BCUT2D eigenvalue weighted by Gasteiger charge is 2.23. The molecule has 0 unspecified atom stereocenters. The number of primary amides is 1. The van der Waals surface area contributed by atoms with Crippen LogP contribution in [0.25, 0.3) is 11.0 Å². The molecule has 1 aliphatic rings. The van der Waals surface area contributed by atoms with E-state index in [-0.39, 0.29) is 17.8 Å².